The van der Waals surface area contributed by atoms with Crippen LogP contribution in [0, 0.1) is 0 Å². The van der Waals surface area contributed by atoms with E-state index in [-0.39, 0.29) is 5.54 Å². The third kappa shape index (κ3) is 2.16. The summed E-state index contributed by atoms with van der Waals surface area (Å²) in [5.74, 6) is 0. The molecule has 0 amide bonds. The lowest BCUT2D eigenvalue weighted by Crippen LogP contribution is -2.31. The molecule has 92 valence electrons. The molecule has 2 rings (SSSR count). The zero-order valence-corrected chi connectivity index (χ0v) is 10.8. The Kier molecular flexibility index (Phi) is 3.41. The van der Waals surface area contributed by atoms with Crippen molar-refractivity contribution in [3.05, 3.63) is 18.3 Å². The van der Waals surface area contributed by atoms with Crippen LogP contribution in [0.1, 0.15) is 46.5 Å². The van der Waals surface area contributed by atoms with E-state index in [9.17, 15) is 0 Å². The third-order valence-electron chi connectivity index (χ3n) is 3.30. The average molecular weight is 232 g/mol. The van der Waals surface area contributed by atoms with Crippen LogP contribution in [0.2, 0.25) is 0 Å². The molecule has 0 aliphatic rings. The van der Waals surface area contributed by atoms with Crippen molar-refractivity contribution in [2.24, 2.45) is 0 Å². The van der Waals surface area contributed by atoms with E-state index in [0.29, 0.717) is 0 Å². The van der Waals surface area contributed by atoms with Gasteiger partial charge in [-0.3, -0.25) is 0 Å². The molecule has 0 bridgehead atoms. The second kappa shape index (κ2) is 4.82. The number of nitrogens with zero attached hydrogens (tertiary/aromatic N) is 4. The van der Waals surface area contributed by atoms with Crippen molar-refractivity contribution in [2.75, 3.05) is 0 Å². The van der Waals surface area contributed by atoms with Crippen LogP contribution in [-0.2, 0) is 5.54 Å². The molecule has 0 fully saturated rings. The van der Waals surface area contributed by atoms with Crippen molar-refractivity contribution in [3.63, 3.8) is 0 Å². The Labute approximate surface area is 102 Å². The van der Waals surface area contributed by atoms with E-state index in [1.807, 2.05) is 16.8 Å². The van der Waals surface area contributed by atoms with Crippen LogP contribution >= 0.6 is 0 Å². The summed E-state index contributed by atoms with van der Waals surface area (Å²) in [5.41, 5.74) is 1.81. The van der Waals surface area contributed by atoms with Crippen molar-refractivity contribution in [3.8, 4) is 0 Å². The molecule has 2 aromatic rings. The molecule has 0 radical (unpaired) electrons. The topological polar surface area (TPSA) is 43.6 Å². The largest absolute Gasteiger partial charge is 0.235 e. The Bertz CT molecular complexity index is 483. The second-order valence-electron chi connectivity index (χ2n) is 4.84. The van der Waals surface area contributed by atoms with Gasteiger partial charge in [-0.15, -0.1) is 5.10 Å². The van der Waals surface area contributed by atoms with Crippen LogP contribution in [-0.4, -0.2) is 20.0 Å². The number of fused-ring (bicyclic) bond motifs is 1. The van der Waals surface area contributed by atoms with Crippen molar-refractivity contribution >= 4 is 11.2 Å². The van der Waals surface area contributed by atoms with Crippen molar-refractivity contribution < 1.29 is 0 Å². The lowest BCUT2D eigenvalue weighted by Gasteiger charge is -2.29. The smallest absolute Gasteiger partial charge is 0.178 e. The fraction of sp³-hybridized carbons (Fsp3) is 0.615. The maximum atomic E-state index is 4.41. The van der Waals surface area contributed by atoms with E-state index in [2.05, 4.69) is 36.1 Å². The van der Waals surface area contributed by atoms with Gasteiger partial charge in [0.25, 0.3) is 0 Å². The van der Waals surface area contributed by atoms with Crippen LogP contribution in [0.4, 0.5) is 0 Å². The first-order valence-electron chi connectivity index (χ1n) is 6.38. The number of pyridine rings is 1. The van der Waals surface area contributed by atoms with Crippen LogP contribution in [0.25, 0.3) is 11.2 Å². The van der Waals surface area contributed by atoms with Crippen LogP contribution < -0.4 is 0 Å². The molecule has 0 spiro atoms. The minimum Gasteiger partial charge on any atom is -0.235 e. The Hall–Kier alpha value is -1.45. The minimum absolute atomic E-state index is 0.0343. The summed E-state index contributed by atoms with van der Waals surface area (Å²) in [6.07, 6.45) is 6.31. The molecular weight excluding hydrogens is 212 g/mol. The summed E-state index contributed by atoms with van der Waals surface area (Å²) in [6.45, 7) is 6.67. The first kappa shape index (κ1) is 12.0. The summed E-state index contributed by atoms with van der Waals surface area (Å²) < 4.78 is 2.01. The van der Waals surface area contributed by atoms with Gasteiger partial charge in [0, 0.05) is 6.20 Å². The maximum Gasteiger partial charge on any atom is 0.178 e. The predicted octanol–water partition coefficient (Wildman–Crippen LogP) is 3.14. The third-order valence-corrected chi connectivity index (χ3v) is 3.30. The van der Waals surface area contributed by atoms with Crippen molar-refractivity contribution in [2.45, 2.75) is 52.0 Å². The molecule has 0 aliphatic carbocycles. The molecule has 0 atom stereocenters. The standard InChI is InChI=1S/C13H20N4/c1-4-8-13(3,9-5-2)17-12-11(15-16-17)7-6-10-14-12/h6-7,10H,4-5,8-9H2,1-3H3. The van der Waals surface area contributed by atoms with E-state index >= 15 is 0 Å². The average Bonchev–Trinajstić information content (AvgIpc) is 2.74. The zero-order chi connectivity index (χ0) is 12.3. The number of rotatable bonds is 5. The van der Waals surface area contributed by atoms with Gasteiger partial charge in [-0.25, -0.2) is 9.67 Å². The van der Waals surface area contributed by atoms with E-state index in [0.717, 1.165) is 36.8 Å². The SMILES string of the molecule is CCCC(C)(CCC)n1nnc2cccnc21. The molecule has 0 saturated carbocycles. The van der Waals surface area contributed by atoms with Crippen molar-refractivity contribution in [1.29, 1.82) is 0 Å². The summed E-state index contributed by atoms with van der Waals surface area (Å²) in [7, 11) is 0. The highest BCUT2D eigenvalue weighted by Gasteiger charge is 2.28. The highest BCUT2D eigenvalue weighted by Crippen LogP contribution is 2.29. The molecule has 0 aliphatic heterocycles. The van der Waals surface area contributed by atoms with E-state index in [4.69, 9.17) is 0 Å². The van der Waals surface area contributed by atoms with Gasteiger partial charge in [-0.1, -0.05) is 31.9 Å². The Balaban J connectivity index is 2.48. The normalized spacial score (nSPS) is 12.2. The van der Waals surface area contributed by atoms with Gasteiger partial charge in [0.1, 0.15) is 5.52 Å². The van der Waals surface area contributed by atoms with Gasteiger partial charge in [-0.2, -0.15) is 0 Å². The molecule has 0 N–H and O–H groups in total. The highest BCUT2D eigenvalue weighted by atomic mass is 15.5. The zero-order valence-electron chi connectivity index (χ0n) is 10.8. The molecule has 4 heteroatoms. The fourth-order valence-electron chi connectivity index (χ4n) is 2.54. The Morgan fingerprint density at radius 2 is 1.94 bits per heavy atom. The first-order chi connectivity index (χ1) is 8.21. The molecule has 2 aromatic heterocycles. The van der Waals surface area contributed by atoms with E-state index < -0.39 is 0 Å². The molecule has 4 nitrogen and oxygen atoms in total. The summed E-state index contributed by atoms with van der Waals surface area (Å²) >= 11 is 0. The molecule has 17 heavy (non-hydrogen) atoms. The van der Waals surface area contributed by atoms with Gasteiger partial charge < -0.3 is 0 Å². The fourth-order valence-corrected chi connectivity index (χ4v) is 2.54. The molecule has 0 aromatic carbocycles. The summed E-state index contributed by atoms with van der Waals surface area (Å²) in [6, 6.07) is 3.86. The lowest BCUT2D eigenvalue weighted by molar-refractivity contribution is 0.241. The van der Waals surface area contributed by atoms with Gasteiger partial charge in [0.05, 0.1) is 5.54 Å². The summed E-state index contributed by atoms with van der Waals surface area (Å²) in [4.78, 5) is 4.41. The quantitative estimate of drug-likeness (QED) is 0.795. The van der Waals surface area contributed by atoms with Crippen LogP contribution in [0.5, 0.6) is 0 Å². The number of aromatic nitrogens is 4. The summed E-state index contributed by atoms with van der Waals surface area (Å²) in [5, 5.41) is 8.51. The van der Waals surface area contributed by atoms with Gasteiger partial charge in [0.15, 0.2) is 5.65 Å². The Morgan fingerprint density at radius 1 is 1.24 bits per heavy atom. The second-order valence-corrected chi connectivity index (χ2v) is 4.84. The Morgan fingerprint density at radius 3 is 2.59 bits per heavy atom. The van der Waals surface area contributed by atoms with Gasteiger partial charge in [-0.05, 0) is 31.9 Å². The minimum atomic E-state index is 0.0343. The van der Waals surface area contributed by atoms with Crippen LogP contribution in [0.3, 0.4) is 0 Å². The highest BCUT2D eigenvalue weighted by molar-refractivity contribution is 5.69. The number of hydrogen-bond donors (Lipinski definition) is 0. The predicted molar refractivity (Wildman–Crippen MR) is 68.8 cm³/mol. The van der Waals surface area contributed by atoms with E-state index in [1.54, 1.807) is 6.20 Å². The van der Waals surface area contributed by atoms with Crippen molar-refractivity contribution in [1.82, 2.24) is 20.0 Å². The van der Waals surface area contributed by atoms with E-state index in [1.165, 1.54) is 0 Å². The molecule has 0 saturated heterocycles. The maximum absolute atomic E-state index is 4.41. The number of hydrogen-bond acceptors (Lipinski definition) is 3. The molecule has 0 unspecified atom stereocenters. The van der Waals surface area contributed by atoms with Gasteiger partial charge in [0.2, 0.25) is 0 Å². The lowest BCUT2D eigenvalue weighted by atomic mass is 9.91. The first-order valence-corrected chi connectivity index (χ1v) is 6.38. The van der Waals surface area contributed by atoms with Gasteiger partial charge >= 0.3 is 0 Å². The van der Waals surface area contributed by atoms with Crippen LogP contribution in [0.15, 0.2) is 18.3 Å². The monoisotopic (exact) mass is 232 g/mol. The molecule has 2 heterocycles. The molecular formula is C13H20N4.